The maximum atomic E-state index is 14.0. The van der Waals surface area contributed by atoms with Gasteiger partial charge in [-0.15, -0.1) is 0 Å². The molecule has 2 aliphatic rings. The first-order chi connectivity index (χ1) is 21.3. The van der Waals surface area contributed by atoms with Crippen LogP contribution in [0.2, 0.25) is 0 Å². The lowest BCUT2D eigenvalue weighted by atomic mass is 9.66. The topological polar surface area (TPSA) is 113 Å². The van der Waals surface area contributed by atoms with E-state index < -0.39 is 17.8 Å². The number of carbonyl (C=O) groups excluding carboxylic acids is 2. The highest BCUT2D eigenvalue weighted by atomic mass is 16.6. The SMILES string of the molecule is CCOc1cc([C@H]2C(C(=O)OCCOc3ccccc3)=C(C)N=C3C[C@H](c4ccc(OC)c(OC)c4)CC(=O)C32)ccc1O. The minimum Gasteiger partial charge on any atom is -0.504 e. The lowest BCUT2D eigenvalue weighted by Crippen LogP contribution is -2.41. The van der Waals surface area contributed by atoms with Crippen LogP contribution in [-0.2, 0) is 14.3 Å². The third-order valence-corrected chi connectivity index (χ3v) is 8.02. The van der Waals surface area contributed by atoms with Gasteiger partial charge in [-0.05, 0) is 73.7 Å². The predicted octanol–water partition coefficient (Wildman–Crippen LogP) is 6.01. The number of fused-ring (bicyclic) bond motifs is 1. The van der Waals surface area contributed by atoms with Crippen LogP contribution in [0.5, 0.6) is 28.7 Å². The van der Waals surface area contributed by atoms with E-state index in [0.717, 1.165) is 5.56 Å². The van der Waals surface area contributed by atoms with Crippen molar-refractivity contribution in [1.29, 1.82) is 0 Å². The summed E-state index contributed by atoms with van der Waals surface area (Å²) in [6.45, 7) is 4.12. The second kappa shape index (κ2) is 13.7. The third kappa shape index (κ3) is 6.41. The smallest absolute Gasteiger partial charge is 0.336 e. The van der Waals surface area contributed by atoms with Crippen LogP contribution in [0.4, 0.5) is 0 Å². The molecule has 1 aliphatic carbocycles. The van der Waals surface area contributed by atoms with Gasteiger partial charge in [-0.25, -0.2) is 4.79 Å². The lowest BCUT2D eigenvalue weighted by molar-refractivity contribution is -0.140. The van der Waals surface area contributed by atoms with Crippen LogP contribution in [0.25, 0.3) is 0 Å². The molecule has 0 aromatic heterocycles. The average molecular weight is 600 g/mol. The van der Waals surface area contributed by atoms with Gasteiger partial charge in [0.2, 0.25) is 0 Å². The summed E-state index contributed by atoms with van der Waals surface area (Å²) in [5.41, 5.74) is 3.11. The Morgan fingerprint density at radius 3 is 2.32 bits per heavy atom. The maximum absolute atomic E-state index is 14.0. The van der Waals surface area contributed by atoms with Crippen LogP contribution in [0.15, 0.2) is 83.0 Å². The first-order valence-corrected chi connectivity index (χ1v) is 14.7. The maximum Gasteiger partial charge on any atom is 0.336 e. The fourth-order valence-corrected chi connectivity index (χ4v) is 6.03. The van der Waals surface area contributed by atoms with E-state index in [1.165, 1.54) is 6.07 Å². The number of allylic oxidation sites excluding steroid dienone is 1. The van der Waals surface area contributed by atoms with Gasteiger partial charge in [0.15, 0.2) is 23.0 Å². The molecule has 9 nitrogen and oxygen atoms in total. The van der Waals surface area contributed by atoms with Gasteiger partial charge in [0.05, 0.1) is 32.3 Å². The van der Waals surface area contributed by atoms with Gasteiger partial charge < -0.3 is 28.8 Å². The van der Waals surface area contributed by atoms with Gasteiger partial charge in [-0.3, -0.25) is 9.79 Å². The molecule has 1 N–H and O–H groups in total. The predicted molar refractivity (Wildman–Crippen MR) is 165 cm³/mol. The van der Waals surface area contributed by atoms with Crippen molar-refractivity contribution >= 4 is 17.5 Å². The van der Waals surface area contributed by atoms with Crippen molar-refractivity contribution < 1.29 is 38.4 Å². The Kier molecular flexibility index (Phi) is 9.53. The zero-order chi connectivity index (χ0) is 31.2. The molecule has 3 aromatic rings. The van der Waals surface area contributed by atoms with Crippen LogP contribution in [0.1, 0.15) is 49.7 Å². The minimum atomic E-state index is -0.669. The van der Waals surface area contributed by atoms with Crippen molar-refractivity contribution in [3.8, 4) is 28.7 Å². The molecule has 44 heavy (non-hydrogen) atoms. The summed E-state index contributed by atoms with van der Waals surface area (Å²) in [6, 6.07) is 19.9. The monoisotopic (exact) mass is 599 g/mol. The van der Waals surface area contributed by atoms with E-state index in [-0.39, 0.29) is 42.8 Å². The van der Waals surface area contributed by atoms with Crippen LogP contribution in [-0.4, -0.2) is 56.6 Å². The van der Waals surface area contributed by atoms with Gasteiger partial charge >= 0.3 is 5.97 Å². The van der Waals surface area contributed by atoms with Crippen molar-refractivity contribution in [2.45, 2.75) is 38.5 Å². The molecule has 0 bridgehead atoms. The molecule has 0 radical (unpaired) electrons. The highest BCUT2D eigenvalue weighted by molar-refractivity contribution is 6.12. The van der Waals surface area contributed by atoms with Crippen molar-refractivity contribution in [3.63, 3.8) is 0 Å². The third-order valence-electron chi connectivity index (χ3n) is 8.02. The van der Waals surface area contributed by atoms with Gasteiger partial charge in [0.25, 0.3) is 0 Å². The highest BCUT2D eigenvalue weighted by Gasteiger charge is 2.46. The Bertz CT molecular complexity index is 1580. The minimum absolute atomic E-state index is 0.0214. The number of hydrogen-bond acceptors (Lipinski definition) is 9. The molecule has 5 rings (SSSR count). The van der Waals surface area contributed by atoms with Gasteiger partial charge in [-0.2, -0.15) is 0 Å². The summed E-state index contributed by atoms with van der Waals surface area (Å²) >= 11 is 0. The molecule has 1 unspecified atom stereocenters. The number of rotatable bonds is 11. The number of benzene rings is 3. The molecule has 0 amide bonds. The number of ketones is 1. The lowest BCUT2D eigenvalue weighted by Gasteiger charge is -2.38. The van der Waals surface area contributed by atoms with E-state index in [0.29, 0.717) is 52.8 Å². The summed E-state index contributed by atoms with van der Waals surface area (Å²) in [5, 5.41) is 10.4. The molecule has 9 heteroatoms. The van der Waals surface area contributed by atoms with Crippen molar-refractivity contribution in [3.05, 3.63) is 89.1 Å². The number of esters is 1. The van der Waals surface area contributed by atoms with Crippen LogP contribution >= 0.6 is 0 Å². The summed E-state index contributed by atoms with van der Waals surface area (Å²) < 4.78 is 27.9. The standard InChI is InChI=1S/C35H37NO8/c1-5-42-30-20-23(11-13-27(30)37)33-32(35(39)44-16-15-43-25-9-7-6-8-10-25)21(2)36-26-17-24(18-28(38)34(26)33)22-12-14-29(40-3)31(19-22)41-4/h6-14,19-20,24,33-34,37H,5,15-18H2,1-4H3/t24-,33-,34?/m0/s1. The van der Waals surface area contributed by atoms with Gasteiger partial charge in [-0.1, -0.05) is 30.3 Å². The largest absolute Gasteiger partial charge is 0.504 e. The average Bonchev–Trinajstić information content (AvgIpc) is 3.03. The number of nitrogens with zero attached hydrogens (tertiary/aromatic N) is 1. The number of phenolic OH excluding ortho intramolecular Hbond substituents is 1. The molecule has 230 valence electrons. The Morgan fingerprint density at radius 1 is 0.864 bits per heavy atom. The number of methoxy groups -OCH3 is 2. The molecule has 1 heterocycles. The summed E-state index contributed by atoms with van der Waals surface area (Å²) in [7, 11) is 3.16. The second-order valence-electron chi connectivity index (χ2n) is 10.7. The van der Waals surface area contributed by atoms with Crippen LogP contribution in [0, 0.1) is 5.92 Å². The Balaban J connectivity index is 1.47. The molecule has 1 saturated carbocycles. The molecule has 0 spiro atoms. The number of phenols is 1. The number of Topliss-reactive ketones (excluding diaryl/α,β-unsaturated/α-hetero) is 1. The number of carbonyl (C=O) groups is 2. The van der Waals surface area contributed by atoms with Gasteiger partial charge in [0.1, 0.15) is 24.7 Å². The van der Waals surface area contributed by atoms with Crippen LogP contribution in [0.3, 0.4) is 0 Å². The van der Waals surface area contributed by atoms with Crippen LogP contribution < -0.4 is 18.9 Å². The van der Waals surface area contributed by atoms with Crippen molar-refractivity contribution in [2.75, 3.05) is 34.0 Å². The molecule has 3 aromatic carbocycles. The fourth-order valence-electron chi connectivity index (χ4n) is 6.03. The van der Waals surface area contributed by atoms with Crippen molar-refractivity contribution in [2.24, 2.45) is 10.9 Å². The van der Waals surface area contributed by atoms with Gasteiger partial charge in [0, 0.05) is 23.7 Å². The highest BCUT2D eigenvalue weighted by Crippen LogP contribution is 2.47. The second-order valence-corrected chi connectivity index (χ2v) is 10.7. The Morgan fingerprint density at radius 2 is 1.59 bits per heavy atom. The Labute approximate surface area is 257 Å². The van der Waals surface area contributed by atoms with E-state index in [1.807, 2.05) is 55.5 Å². The number of hydrogen-bond donors (Lipinski definition) is 1. The Hall–Kier alpha value is -4.79. The molecule has 1 fully saturated rings. The van der Waals surface area contributed by atoms with E-state index in [2.05, 4.69) is 0 Å². The zero-order valence-corrected chi connectivity index (χ0v) is 25.4. The first kappa shape index (κ1) is 30.7. The quantitative estimate of drug-likeness (QED) is 0.211. The normalized spacial score (nSPS) is 19.5. The van der Waals surface area contributed by atoms with E-state index in [4.69, 9.17) is 28.7 Å². The summed E-state index contributed by atoms with van der Waals surface area (Å²) in [5.74, 6) is 0.0905. The van der Waals surface area contributed by atoms with E-state index in [1.54, 1.807) is 33.3 Å². The fraction of sp³-hybridized carbons (Fsp3) is 0.343. The zero-order valence-electron chi connectivity index (χ0n) is 25.4. The summed E-state index contributed by atoms with van der Waals surface area (Å²) in [6.07, 6.45) is 0.793. The number of aliphatic imine (C=N–C) groups is 1. The molecular formula is C35H37NO8. The number of para-hydroxylation sites is 1. The van der Waals surface area contributed by atoms with Crippen molar-refractivity contribution in [1.82, 2.24) is 0 Å². The van der Waals surface area contributed by atoms with E-state index >= 15 is 0 Å². The number of aromatic hydroxyl groups is 1. The molecular weight excluding hydrogens is 562 g/mol. The molecule has 3 atom stereocenters. The summed E-state index contributed by atoms with van der Waals surface area (Å²) in [4.78, 5) is 32.5. The number of ether oxygens (including phenoxy) is 5. The molecule has 0 saturated heterocycles. The first-order valence-electron chi connectivity index (χ1n) is 14.7. The molecule has 1 aliphatic heterocycles. The van der Waals surface area contributed by atoms with E-state index in [9.17, 15) is 14.7 Å².